The fourth-order valence-electron chi connectivity index (χ4n) is 22.0. The highest BCUT2D eigenvalue weighted by Gasteiger charge is 2.25. The highest BCUT2D eigenvalue weighted by molar-refractivity contribution is 7.27. The van der Waals surface area contributed by atoms with E-state index >= 15 is 0 Å². The van der Waals surface area contributed by atoms with Crippen LogP contribution in [-0.4, -0.2) is 9.13 Å². The number of aromatic nitrogens is 2. The Kier molecular flexibility index (Phi) is 17.5. The second kappa shape index (κ2) is 30.6. The van der Waals surface area contributed by atoms with Crippen molar-refractivity contribution in [3.05, 3.63) is 473 Å². The number of hydrogen-bond acceptors (Lipinski definition) is 2. The van der Waals surface area contributed by atoms with Crippen molar-refractivity contribution in [2.75, 3.05) is 0 Å². The first-order valence-electron chi connectivity index (χ1n) is 45.5. The minimum Gasteiger partial charge on any atom is -0.309 e. The third-order valence-corrected chi connectivity index (χ3v) is 30.4. The monoisotopic (exact) mass is 1710 g/mol. The van der Waals surface area contributed by atoms with E-state index in [1.807, 2.05) is 22.7 Å². The summed E-state index contributed by atoms with van der Waals surface area (Å²) in [6.45, 7) is 0. The summed E-state index contributed by atoms with van der Waals surface area (Å²) in [7, 11) is 0. The summed E-state index contributed by atoms with van der Waals surface area (Å²) >= 11 is 3.81. The zero-order chi connectivity index (χ0) is 86.6. The molecule has 0 aliphatic heterocycles. The predicted molar refractivity (Wildman–Crippen MR) is 571 cm³/mol. The molecule has 28 rings (SSSR count). The zero-order valence-corrected chi connectivity index (χ0v) is 73.4. The molecule has 0 unspecified atom stereocenters. The molecule has 0 fully saturated rings. The van der Waals surface area contributed by atoms with Gasteiger partial charge in [-0.15, -0.1) is 22.7 Å². The Balaban J connectivity index is 0.000000135. The van der Waals surface area contributed by atoms with Gasteiger partial charge in [-0.2, -0.15) is 0 Å². The van der Waals surface area contributed by atoms with Gasteiger partial charge in [-0.1, -0.05) is 388 Å². The maximum Gasteiger partial charge on any atom is 0.0541 e. The van der Waals surface area contributed by atoms with Crippen LogP contribution >= 0.6 is 22.7 Å². The predicted octanol–water partition coefficient (Wildman–Crippen LogP) is 36.9. The molecule has 0 aliphatic rings. The maximum atomic E-state index is 2.47. The number of rotatable bonds is 10. The van der Waals surface area contributed by atoms with Crippen LogP contribution in [0, 0.1) is 0 Å². The fourth-order valence-corrected chi connectivity index (χ4v) is 24.7. The van der Waals surface area contributed by atoms with E-state index in [0.717, 1.165) is 11.4 Å². The second-order valence-corrected chi connectivity index (χ2v) is 37.1. The molecule has 612 valence electrons. The van der Waals surface area contributed by atoms with Gasteiger partial charge in [0.2, 0.25) is 0 Å². The quantitative estimate of drug-likeness (QED) is 0.0954. The second-order valence-electron chi connectivity index (χ2n) is 35.1. The van der Waals surface area contributed by atoms with Crippen LogP contribution in [0.25, 0.3) is 271 Å². The average molecular weight is 1710 g/mol. The molecule has 132 heavy (non-hydrogen) atoms. The summed E-state index contributed by atoms with van der Waals surface area (Å²) in [5.74, 6) is 0. The van der Waals surface area contributed by atoms with Gasteiger partial charge in [-0.3, -0.25) is 0 Å². The highest BCUT2D eigenvalue weighted by atomic mass is 32.1. The topological polar surface area (TPSA) is 9.86 Å². The molecule has 0 saturated carbocycles. The molecule has 0 radical (unpaired) electrons. The third-order valence-electron chi connectivity index (χ3n) is 27.9. The third kappa shape index (κ3) is 12.0. The standard InChI is InChI=1S/2C64H39NS/c1-2-15-41(16-3-1)61-52-19-6-8-21-54(52)62(55-22-9-7-20-53(55)61)42-30-34-46(35-31-42)65-59-27-11-10-18-51(59)58-39-45(33-37-60(58)65)50-24-13-26-57-56-25-12-23-49(63(56)66-64(50)57)44-32-36-48-43(38-44)29-28-40-14-4-5-17-47(40)48;1-2-15-40(16-3-1)62-51-22-8-10-24-53(51)63(54-25-11-9-23-52(54)62)41-29-33-45(34-30-41)65-59-35-31-43(47-26-14-27-55-50-21-12-13-28-61(50)66-64(47)55)38-57(59)58-39-44(32-36-60(58)65)56-37-42-17-4-5-18-46(42)48-19-6-7-20-49(48)56/h2*1-39H. The molecule has 0 amide bonds. The lowest BCUT2D eigenvalue weighted by Gasteiger charge is -2.18. The summed E-state index contributed by atoms with van der Waals surface area (Å²) in [4.78, 5) is 0. The molecule has 0 bridgehead atoms. The van der Waals surface area contributed by atoms with Gasteiger partial charge in [-0.05, 0) is 260 Å². The fraction of sp³-hybridized carbons (Fsp3) is 0. The molecule has 2 nitrogen and oxygen atoms in total. The Morgan fingerprint density at radius 2 is 0.432 bits per heavy atom. The Bertz CT molecular complexity index is 9530. The van der Waals surface area contributed by atoms with E-state index in [0.29, 0.717) is 0 Å². The van der Waals surface area contributed by atoms with Crippen molar-refractivity contribution < 1.29 is 0 Å². The molecular weight excluding hydrogens is 1630 g/mol. The largest absolute Gasteiger partial charge is 0.309 e. The lowest BCUT2D eigenvalue weighted by molar-refractivity contribution is 1.18. The number of benzene rings is 24. The van der Waals surface area contributed by atoms with Crippen molar-refractivity contribution in [3.8, 4) is 100 Å². The molecule has 0 saturated heterocycles. The van der Waals surface area contributed by atoms with Crippen molar-refractivity contribution in [2.45, 2.75) is 0 Å². The van der Waals surface area contributed by atoms with Gasteiger partial charge >= 0.3 is 0 Å². The van der Waals surface area contributed by atoms with Crippen LogP contribution in [0.3, 0.4) is 0 Å². The van der Waals surface area contributed by atoms with Crippen LogP contribution in [-0.2, 0) is 0 Å². The molecule has 0 spiro atoms. The van der Waals surface area contributed by atoms with Crippen LogP contribution in [0.2, 0.25) is 0 Å². The molecule has 0 N–H and O–H groups in total. The van der Waals surface area contributed by atoms with Crippen LogP contribution in [0.5, 0.6) is 0 Å². The molecule has 0 aliphatic carbocycles. The summed E-state index contributed by atoms with van der Waals surface area (Å²) < 4.78 is 10.2. The van der Waals surface area contributed by atoms with Crippen LogP contribution < -0.4 is 0 Å². The lowest BCUT2D eigenvalue weighted by atomic mass is 9.86. The molecule has 28 aromatic rings. The van der Waals surface area contributed by atoms with E-state index in [4.69, 9.17) is 0 Å². The van der Waals surface area contributed by atoms with Gasteiger partial charge < -0.3 is 9.13 Å². The Labute approximate surface area is 769 Å². The lowest BCUT2D eigenvalue weighted by Crippen LogP contribution is -1.95. The van der Waals surface area contributed by atoms with Crippen molar-refractivity contribution >= 4 is 193 Å². The van der Waals surface area contributed by atoms with Gasteiger partial charge in [0.15, 0.2) is 0 Å². The van der Waals surface area contributed by atoms with Gasteiger partial charge in [0, 0.05) is 73.3 Å². The van der Waals surface area contributed by atoms with E-state index in [1.54, 1.807) is 0 Å². The molecule has 4 heterocycles. The number of thiophene rings is 2. The first-order chi connectivity index (χ1) is 65.5. The Morgan fingerprint density at radius 1 is 0.136 bits per heavy atom. The van der Waals surface area contributed by atoms with E-state index in [2.05, 4.69) is 482 Å². The number of fused-ring (bicyclic) bond motifs is 22. The minimum absolute atomic E-state index is 1.14. The molecule has 4 aromatic heterocycles. The van der Waals surface area contributed by atoms with Crippen LogP contribution in [0.15, 0.2) is 473 Å². The smallest absolute Gasteiger partial charge is 0.0541 e. The zero-order valence-electron chi connectivity index (χ0n) is 71.7. The van der Waals surface area contributed by atoms with E-state index in [-0.39, 0.29) is 0 Å². The Hall–Kier alpha value is -16.6. The van der Waals surface area contributed by atoms with Crippen LogP contribution in [0.1, 0.15) is 0 Å². The summed E-state index contributed by atoms with van der Waals surface area (Å²) in [6.07, 6.45) is 0. The Morgan fingerprint density at radius 3 is 0.909 bits per heavy atom. The van der Waals surface area contributed by atoms with Gasteiger partial charge in [0.25, 0.3) is 0 Å². The van der Waals surface area contributed by atoms with Gasteiger partial charge in [-0.25, -0.2) is 0 Å². The average Bonchev–Trinajstić information content (AvgIpc) is 1.49. The van der Waals surface area contributed by atoms with Gasteiger partial charge in [0.1, 0.15) is 0 Å². The molecule has 4 heteroatoms. The number of nitrogens with zero attached hydrogens (tertiary/aromatic N) is 2. The highest BCUT2D eigenvalue weighted by Crippen LogP contribution is 2.52. The summed E-state index contributed by atoms with van der Waals surface area (Å²) in [5, 5.41) is 30.6. The van der Waals surface area contributed by atoms with Crippen molar-refractivity contribution in [2.24, 2.45) is 0 Å². The molecular formula is C128H78N2S2. The van der Waals surface area contributed by atoms with Crippen LogP contribution in [0.4, 0.5) is 0 Å². The summed E-state index contributed by atoms with van der Waals surface area (Å²) in [5.41, 5.74) is 27.1. The molecule has 24 aromatic carbocycles. The minimum atomic E-state index is 1.14. The van der Waals surface area contributed by atoms with Gasteiger partial charge in [0.05, 0.1) is 22.1 Å². The first-order valence-corrected chi connectivity index (χ1v) is 47.1. The van der Waals surface area contributed by atoms with Crippen molar-refractivity contribution in [3.63, 3.8) is 0 Å². The normalized spacial score (nSPS) is 11.9. The number of para-hydroxylation sites is 1. The van der Waals surface area contributed by atoms with E-state index in [9.17, 15) is 0 Å². The summed E-state index contributed by atoms with van der Waals surface area (Å²) in [6, 6.07) is 175. The number of hydrogen-bond donors (Lipinski definition) is 0. The molecule has 0 atom stereocenters. The van der Waals surface area contributed by atoms with Crippen molar-refractivity contribution in [1.29, 1.82) is 0 Å². The van der Waals surface area contributed by atoms with E-state index < -0.39 is 0 Å². The van der Waals surface area contributed by atoms with Crippen molar-refractivity contribution in [1.82, 2.24) is 9.13 Å². The first kappa shape index (κ1) is 75.5. The maximum absolute atomic E-state index is 2.47. The SMILES string of the molecule is c1ccc(-c2c3ccccc3c(-c3ccc(-n4c5ccc(-c6cc7ccccc7c7ccccc67)cc5c5cc(-c6cccc7c6sc6ccccc67)ccc54)cc3)c3ccccc23)cc1.c1ccc(-c2c3ccccc3c(-c3ccc(-n4c5ccccc5c5cc(-c6cccc7c6sc6c(-c8ccc9c(ccc%10ccccc%109)c8)cccc67)ccc54)cc3)c3ccccc23)cc1. The van der Waals surface area contributed by atoms with E-state index in [1.165, 1.54) is 259 Å².